The monoisotopic (exact) mass is 411 g/mol. The second-order valence-corrected chi connectivity index (χ2v) is 8.04. The molecule has 7 heteroatoms. The van der Waals surface area contributed by atoms with E-state index in [0.717, 1.165) is 49.2 Å². The van der Waals surface area contributed by atoms with Crippen LogP contribution >= 0.6 is 0 Å². The molecule has 1 aromatic heterocycles. The Labute approximate surface area is 179 Å². The van der Waals surface area contributed by atoms with Gasteiger partial charge in [-0.2, -0.15) is 4.98 Å². The maximum atomic E-state index is 11.1. The zero-order chi connectivity index (χ0) is 21.5. The molecule has 2 aromatic rings. The van der Waals surface area contributed by atoms with E-state index in [2.05, 4.69) is 48.2 Å². The predicted molar refractivity (Wildman–Crippen MR) is 123 cm³/mol. The van der Waals surface area contributed by atoms with Gasteiger partial charge in [0.1, 0.15) is 6.61 Å². The lowest BCUT2D eigenvalue weighted by molar-refractivity contribution is 0.184. The van der Waals surface area contributed by atoms with Crippen molar-refractivity contribution in [2.45, 2.75) is 46.3 Å². The zero-order valence-corrected chi connectivity index (χ0v) is 18.1. The van der Waals surface area contributed by atoms with Crippen molar-refractivity contribution in [3.8, 4) is 5.75 Å². The van der Waals surface area contributed by atoms with Gasteiger partial charge in [-0.25, -0.2) is 4.98 Å². The Morgan fingerprint density at radius 3 is 2.87 bits per heavy atom. The first-order valence-corrected chi connectivity index (χ1v) is 10.7. The molecule has 0 amide bonds. The molecule has 30 heavy (non-hydrogen) atoms. The summed E-state index contributed by atoms with van der Waals surface area (Å²) in [5.74, 6) is 1.87. The highest BCUT2D eigenvalue weighted by Crippen LogP contribution is 2.33. The lowest BCUT2D eigenvalue weighted by atomic mass is 10.00. The Kier molecular flexibility index (Phi) is 7.52. The van der Waals surface area contributed by atoms with Crippen LogP contribution in [0.1, 0.15) is 45.6 Å². The number of unbranched alkanes of at least 4 members (excludes halogenated alkanes) is 1. The summed E-state index contributed by atoms with van der Waals surface area (Å²) in [6.45, 7) is 8.32. The highest BCUT2D eigenvalue weighted by Gasteiger charge is 2.27. The summed E-state index contributed by atoms with van der Waals surface area (Å²) in [7, 11) is 0. The topological polar surface area (TPSA) is 96.5 Å². The van der Waals surface area contributed by atoms with Crippen LogP contribution in [-0.2, 0) is 0 Å². The third-order valence-corrected chi connectivity index (χ3v) is 5.15. The van der Waals surface area contributed by atoms with Crippen molar-refractivity contribution in [1.29, 1.82) is 0 Å². The highest BCUT2D eigenvalue weighted by molar-refractivity contribution is 5.74. The first-order chi connectivity index (χ1) is 14.5. The van der Waals surface area contributed by atoms with Crippen molar-refractivity contribution < 1.29 is 9.84 Å². The number of anilines is 3. The maximum absolute atomic E-state index is 11.1. The molecule has 0 radical (unpaired) electrons. The van der Waals surface area contributed by atoms with Gasteiger partial charge in [0.2, 0.25) is 5.95 Å². The molecule has 1 atom stereocenters. The Morgan fingerprint density at radius 1 is 1.30 bits per heavy atom. The molecule has 0 saturated heterocycles. The van der Waals surface area contributed by atoms with Crippen LogP contribution in [-0.4, -0.2) is 41.0 Å². The molecule has 0 spiro atoms. The molecule has 3 rings (SSSR count). The number of benzene rings is 1. The molecule has 1 unspecified atom stereocenters. The van der Waals surface area contributed by atoms with Crippen LogP contribution in [0.5, 0.6) is 5.75 Å². The number of aromatic nitrogens is 2. The number of aliphatic hydroxyl groups is 1. The number of hydrogen-bond donors (Lipinski definition) is 3. The van der Waals surface area contributed by atoms with E-state index in [1.807, 2.05) is 23.1 Å². The van der Waals surface area contributed by atoms with Gasteiger partial charge in [0, 0.05) is 24.4 Å². The first-order valence-electron chi connectivity index (χ1n) is 10.7. The molecule has 4 N–H and O–H groups in total. The molecule has 0 saturated carbocycles. The molecule has 0 bridgehead atoms. The van der Waals surface area contributed by atoms with Crippen LogP contribution in [0.4, 0.5) is 17.5 Å². The van der Waals surface area contributed by atoms with Crippen molar-refractivity contribution in [3.63, 3.8) is 0 Å². The van der Waals surface area contributed by atoms with Gasteiger partial charge in [-0.15, -0.1) is 0 Å². The zero-order valence-electron chi connectivity index (χ0n) is 18.1. The minimum atomic E-state index is -0.732. The van der Waals surface area contributed by atoms with E-state index in [4.69, 9.17) is 10.5 Å². The van der Waals surface area contributed by atoms with Crippen molar-refractivity contribution in [3.05, 3.63) is 41.6 Å². The Morgan fingerprint density at radius 2 is 2.10 bits per heavy atom. The van der Waals surface area contributed by atoms with E-state index < -0.39 is 6.23 Å². The number of nitrogens with two attached hydrogens (primary N) is 1. The number of para-hydroxylation sites is 1. The fraction of sp³-hybridized carbons (Fsp3) is 0.478. The van der Waals surface area contributed by atoms with Crippen LogP contribution in [0, 0.1) is 5.92 Å². The number of aliphatic hydroxyl groups excluding tert-OH is 1. The van der Waals surface area contributed by atoms with Gasteiger partial charge in [-0.05, 0) is 36.5 Å². The predicted octanol–water partition coefficient (Wildman–Crippen LogP) is 3.92. The number of hydrogen-bond acceptors (Lipinski definition) is 7. The van der Waals surface area contributed by atoms with Gasteiger partial charge in [-0.1, -0.05) is 45.4 Å². The largest absolute Gasteiger partial charge is 0.484 e. The normalized spacial score (nSPS) is 15.7. The number of nitrogens with zero attached hydrogens (tertiary/aromatic N) is 3. The van der Waals surface area contributed by atoms with Gasteiger partial charge in [0.05, 0.1) is 6.20 Å². The van der Waals surface area contributed by atoms with Crippen LogP contribution in [0.2, 0.25) is 0 Å². The molecule has 1 aliphatic rings. The number of nitrogen functional groups attached to an aromatic ring is 1. The van der Waals surface area contributed by atoms with Gasteiger partial charge < -0.3 is 25.8 Å². The van der Waals surface area contributed by atoms with E-state index in [9.17, 15) is 5.11 Å². The third-order valence-electron chi connectivity index (χ3n) is 5.15. The Hall–Kier alpha value is -2.80. The van der Waals surface area contributed by atoms with Crippen LogP contribution in [0.15, 0.2) is 36.0 Å². The van der Waals surface area contributed by atoms with Gasteiger partial charge in [0.15, 0.2) is 17.8 Å². The van der Waals surface area contributed by atoms with Crippen molar-refractivity contribution in [2.75, 3.05) is 35.6 Å². The SMILES string of the molecule is CCCCNc1nc(N)ncc1OCC1=Cc2ccccc2N(CCC(C)C)C1O. The first kappa shape index (κ1) is 21.9. The van der Waals surface area contributed by atoms with Gasteiger partial charge >= 0.3 is 0 Å². The second-order valence-electron chi connectivity index (χ2n) is 8.04. The van der Waals surface area contributed by atoms with E-state index in [0.29, 0.717) is 17.5 Å². The standard InChI is InChI=1S/C23H33N5O2/c1-4-5-11-25-21-20(14-26-23(24)27-21)30-15-18-13-17-8-6-7-9-19(17)28(22(18)29)12-10-16(2)3/h6-9,13-14,16,22,29H,4-5,10-12,15H2,1-3H3,(H3,24,25,26,27). The summed E-state index contributed by atoms with van der Waals surface area (Å²) in [5.41, 5.74) is 8.68. The number of nitrogens with one attached hydrogen (secondary N) is 1. The van der Waals surface area contributed by atoms with E-state index >= 15 is 0 Å². The molecular weight excluding hydrogens is 378 g/mol. The molecule has 7 nitrogen and oxygen atoms in total. The minimum Gasteiger partial charge on any atom is -0.484 e. The van der Waals surface area contributed by atoms with Crippen LogP contribution < -0.4 is 20.7 Å². The van der Waals surface area contributed by atoms with Crippen LogP contribution in [0.25, 0.3) is 6.08 Å². The smallest absolute Gasteiger partial charge is 0.222 e. The Bertz CT molecular complexity index is 868. The summed E-state index contributed by atoms with van der Waals surface area (Å²) in [4.78, 5) is 10.4. The lowest BCUT2D eigenvalue weighted by Gasteiger charge is -2.36. The molecule has 1 aromatic carbocycles. The van der Waals surface area contributed by atoms with E-state index in [1.165, 1.54) is 0 Å². The fourth-order valence-electron chi connectivity index (χ4n) is 3.39. The highest BCUT2D eigenvalue weighted by atomic mass is 16.5. The van der Waals surface area contributed by atoms with Crippen molar-refractivity contribution in [1.82, 2.24) is 9.97 Å². The third kappa shape index (κ3) is 5.42. The van der Waals surface area contributed by atoms with Gasteiger partial charge in [0.25, 0.3) is 0 Å². The van der Waals surface area contributed by atoms with Crippen molar-refractivity contribution >= 4 is 23.5 Å². The van der Waals surface area contributed by atoms with Crippen LogP contribution in [0.3, 0.4) is 0 Å². The number of fused-ring (bicyclic) bond motifs is 1. The molecule has 1 aliphatic heterocycles. The molecule has 0 aliphatic carbocycles. The summed E-state index contributed by atoms with van der Waals surface area (Å²) >= 11 is 0. The Balaban J connectivity index is 1.77. The maximum Gasteiger partial charge on any atom is 0.222 e. The lowest BCUT2D eigenvalue weighted by Crippen LogP contribution is -2.41. The average molecular weight is 412 g/mol. The van der Waals surface area contributed by atoms with E-state index in [1.54, 1.807) is 6.20 Å². The quantitative estimate of drug-likeness (QED) is 0.510. The molecule has 0 fully saturated rings. The minimum absolute atomic E-state index is 0.201. The number of ether oxygens (including phenoxy) is 1. The fourth-order valence-corrected chi connectivity index (χ4v) is 3.39. The summed E-state index contributed by atoms with van der Waals surface area (Å²) in [6, 6.07) is 8.13. The summed E-state index contributed by atoms with van der Waals surface area (Å²) in [6.07, 6.45) is 5.95. The summed E-state index contributed by atoms with van der Waals surface area (Å²) < 4.78 is 6.02. The van der Waals surface area contributed by atoms with Crippen molar-refractivity contribution in [2.24, 2.45) is 5.92 Å². The summed E-state index contributed by atoms with van der Waals surface area (Å²) in [5, 5.41) is 14.3. The molecule has 162 valence electrons. The van der Waals surface area contributed by atoms with Gasteiger partial charge in [-0.3, -0.25) is 0 Å². The van der Waals surface area contributed by atoms with E-state index in [-0.39, 0.29) is 12.6 Å². The second kappa shape index (κ2) is 10.3. The average Bonchev–Trinajstić information content (AvgIpc) is 2.72. The number of rotatable bonds is 10. The molecule has 2 heterocycles. The molecular formula is C23H33N5O2.